The highest BCUT2D eigenvalue weighted by atomic mass is 16.5. The van der Waals surface area contributed by atoms with E-state index in [0.717, 1.165) is 5.69 Å². The predicted octanol–water partition coefficient (Wildman–Crippen LogP) is 1.97. The van der Waals surface area contributed by atoms with Crippen LogP contribution >= 0.6 is 0 Å². The molecule has 0 aliphatic carbocycles. The molecule has 8 heteroatoms. The summed E-state index contributed by atoms with van der Waals surface area (Å²) in [6, 6.07) is 4.84. The molecule has 0 unspecified atom stereocenters. The van der Waals surface area contributed by atoms with E-state index < -0.39 is 18.5 Å². The van der Waals surface area contributed by atoms with Crippen molar-refractivity contribution in [3.8, 4) is 5.75 Å². The second-order valence-corrected chi connectivity index (χ2v) is 6.14. The van der Waals surface area contributed by atoms with Crippen molar-refractivity contribution in [2.24, 2.45) is 7.05 Å². The lowest BCUT2D eigenvalue weighted by atomic mass is 10.0. The third-order valence-corrected chi connectivity index (χ3v) is 4.16. The van der Waals surface area contributed by atoms with Crippen LogP contribution in [0.2, 0.25) is 0 Å². The highest BCUT2D eigenvalue weighted by Gasteiger charge is 2.16. The van der Waals surface area contributed by atoms with Gasteiger partial charge in [-0.15, -0.1) is 0 Å². The number of ketones is 1. The summed E-state index contributed by atoms with van der Waals surface area (Å²) < 4.78 is 11.9. The average Bonchev–Trinajstić information content (AvgIpc) is 2.86. The van der Waals surface area contributed by atoms with Gasteiger partial charge in [0, 0.05) is 18.2 Å². The molecule has 1 heterocycles. The van der Waals surface area contributed by atoms with Crippen molar-refractivity contribution < 1.29 is 23.9 Å². The van der Waals surface area contributed by atoms with Crippen LogP contribution in [0.15, 0.2) is 18.2 Å². The van der Waals surface area contributed by atoms with E-state index in [1.165, 1.54) is 14.0 Å². The van der Waals surface area contributed by atoms with Crippen molar-refractivity contribution >= 4 is 23.3 Å². The monoisotopic (exact) mass is 373 g/mol. The van der Waals surface area contributed by atoms with Gasteiger partial charge in [-0.3, -0.25) is 19.1 Å². The number of carbonyl (C=O) groups is 3. The lowest BCUT2D eigenvalue weighted by Gasteiger charge is -2.10. The van der Waals surface area contributed by atoms with Gasteiger partial charge in [0.1, 0.15) is 5.75 Å². The third kappa shape index (κ3) is 4.93. The van der Waals surface area contributed by atoms with Crippen molar-refractivity contribution in [3.05, 3.63) is 40.7 Å². The maximum Gasteiger partial charge on any atom is 0.310 e. The molecule has 1 amide bonds. The predicted molar refractivity (Wildman–Crippen MR) is 99.0 cm³/mol. The first-order valence-electron chi connectivity index (χ1n) is 8.36. The minimum absolute atomic E-state index is 0.109. The number of rotatable bonds is 7. The molecule has 0 aliphatic heterocycles. The van der Waals surface area contributed by atoms with Gasteiger partial charge in [-0.25, -0.2) is 0 Å². The molecule has 0 spiro atoms. The Morgan fingerprint density at radius 1 is 1.22 bits per heavy atom. The van der Waals surface area contributed by atoms with Crippen molar-refractivity contribution in [3.63, 3.8) is 0 Å². The van der Waals surface area contributed by atoms with Crippen molar-refractivity contribution in [2.75, 3.05) is 19.0 Å². The molecule has 2 aromatic rings. The number of anilines is 1. The molecule has 0 bridgehead atoms. The fourth-order valence-electron chi connectivity index (χ4n) is 2.62. The Bertz CT molecular complexity index is 886. The van der Waals surface area contributed by atoms with Crippen molar-refractivity contribution in [2.45, 2.75) is 27.2 Å². The zero-order valence-electron chi connectivity index (χ0n) is 16.1. The third-order valence-electron chi connectivity index (χ3n) is 4.16. The summed E-state index contributed by atoms with van der Waals surface area (Å²) >= 11 is 0. The SMILES string of the molecule is COc1ccc(C(C)=O)cc1CC(=O)OCC(=O)Nc1c(C)nn(C)c1C. The molecule has 0 atom stereocenters. The Morgan fingerprint density at radius 2 is 1.93 bits per heavy atom. The van der Waals surface area contributed by atoms with E-state index in [2.05, 4.69) is 10.4 Å². The molecule has 0 saturated heterocycles. The number of aryl methyl sites for hydroxylation is 2. The van der Waals surface area contributed by atoms with Gasteiger partial charge in [0.15, 0.2) is 12.4 Å². The van der Waals surface area contributed by atoms with Crippen LogP contribution in [0.25, 0.3) is 0 Å². The first kappa shape index (κ1) is 20.2. The molecule has 0 fully saturated rings. The van der Waals surface area contributed by atoms with E-state index in [1.54, 1.807) is 36.9 Å². The van der Waals surface area contributed by atoms with Gasteiger partial charge in [0.25, 0.3) is 5.91 Å². The van der Waals surface area contributed by atoms with Gasteiger partial charge in [-0.2, -0.15) is 5.10 Å². The van der Waals surface area contributed by atoms with E-state index in [0.29, 0.717) is 28.3 Å². The summed E-state index contributed by atoms with van der Waals surface area (Å²) in [4.78, 5) is 35.7. The van der Waals surface area contributed by atoms with Crippen LogP contribution in [-0.2, 0) is 27.8 Å². The number of amides is 1. The maximum absolute atomic E-state index is 12.1. The van der Waals surface area contributed by atoms with E-state index in [9.17, 15) is 14.4 Å². The fraction of sp³-hybridized carbons (Fsp3) is 0.368. The largest absolute Gasteiger partial charge is 0.496 e. The molecule has 8 nitrogen and oxygen atoms in total. The van der Waals surface area contributed by atoms with Crippen LogP contribution in [0.3, 0.4) is 0 Å². The summed E-state index contributed by atoms with van der Waals surface area (Å²) in [5, 5.41) is 6.91. The number of aromatic nitrogens is 2. The molecule has 1 aromatic carbocycles. The van der Waals surface area contributed by atoms with E-state index in [1.807, 2.05) is 6.92 Å². The average molecular weight is 373 g/mol. The van der Waals surface area contributed by atoms with Crippen molar-refractivity contribution in [1.82, 2.24) is 9.78 Å². The number of methoxy groups -OCH3 is 1. The van der Waals surface area contributed by atoms with Crippen LogP contribution < -0.4 is 10.1 Å². The number of nitrogens with zero attached hydrogens (tertiary/aromatic N) is 2. The smallest absolute Gasteiger partial charge is 0.310 e. The Balaban J connectivity index is 1.97. The molecular weight excluding hydrogens is 350 g/mol. The topological polar surface area (TPSA) is 99.5 Å². The van der Waals surface area contributed by atoms with E-state index >= 15 is 0 Å². The van der Waals surface area contributed by atoms with Gasteiger partial charge in [-0.05, 0) is 39.0 Å². The number of esters is 1. The normalized spacial score (nSPS) is 10.4. The molecule has 0 saturated carbocycles. The lowest BCUT2D eigenvalue weighted by Crippen LogP contribution is -2.22. The molecule has 1 N–H and O–H groups in total. The van der Waals surface area contributed by atoms with Crippen LogP contribution in [0.1, 0.15) is 34.2 Å². The second-order valence-electron chi connectivity index (χ2n) is 6.14. The van der Waals surface area contributed by atoms with Crippen LogP contribution in [0.5, 0.6) is 5.75 Å². The van der Waals surface area contributed by atoms with Gasteiger partial charge >= 0.3 is 5.97 Å². The molecule has 2 rings (SSSR count). The molecule has 144 valence electrons. The number of hydrogen-bond donors (Lipinski definition) is 1. The molecule has 1 aromatic heterocycles. The summed E-state index contributed by atoms with van der Waals surface area (Å²) in [6.07, 6.45) is -0.109. The number of benzene rings is 1. The van der Waals surface area contributed by atoms with Crippen molar-refractivity contribution in [1.29, 1.82) is 0 Å². The summed E-state index contributed by atoms with van der Waals surface area (Å²) in [6.45, 7) is 4.64. The number of carbonyl (C=O) groups excluding carboxylic acids is 3. The Hall–Kier alpha value is -3.16. The number of Topliss-reactive ketones (excluding diaryl/α,β-unsaturated/α-hetero) is 1. The van der Waals surface area contributed by atoms with Gasteiger partial charge in [0.2, 0.25) is 0 Å². The summed E-state index contributed by atoms with van der Waals surface area (Å²) in [5.74, 6) is -0.687. The fourth-order valence-corrected chi connectivity index (χ4v) is 2.62. The highest BCUT2D eigenvalue weighted by molar-refractivity contribution is 5.95. The first-order valence-corrected chi connectivity index (χ1v) is 8.36. The zero-order valence-corrected chi connectivity index (χ0v) is 16.1. The van der Waals surface area contributed by atoms with E-state index in [4.69, 9.17) is 9.47 Å². The van der Waals surface area contributed by atoms with Crippen LogP contribution in [0, 0.1) is 13.8 Å². The number of hydrogen-bond acceptors (Lipinski definition) is 6. The molecular formula is C19H23N3O5. The molecule has 0 radical (unpaired) electrons. The van der Waals surface area contributed by atoms with Gasteiger partial charge < -0.3 is 14.8 Å². The Labute approximate surface area is 157 Å². The molecule has 0 aliphatic rings. The first-order chi connectivity index (χ1) is 12.7. The summed E-state index contributed by atoms with van der Waals surface area (Å²) in [5.41, 5.74) is 3.08. The van der Waals surface area contributed by atoms with Gasteiger partial charge in [-0.1, -0.05) is 0 Å². The minimum atomic E-state index is -0.594. The van der Waals surface area contributed by atoms with Crippen LogP contribution in [0.4, 0.5) is 5.69 Å². The standard InChI is InChI=1S/C19H23N3O5/c1-11-19(12(2)22(4)21-11)20-17(24)10-27-18(25)9-15-8-14(13(3)23)6-7-16(15)26-5/h6-8H,9-10H2,1-5H3,(H,20,24). The highest BCUT2D eigenvalue weighted by Crippen LogP contribution is 2.21. The second kappa shape index (κ2) is 8.48. The Morgan fingerprint density at radius 3 is 2.48 bits per heavy atom. The van der Waals surface area contributed by atoms with Gasteiger partial charge in [0.05, 0.1) is 30.6 Å². The number of ether oxygens (including phenoxy) is 2. The Kier molecular flexibility index (Phi) is 6.33. The minimum Gasteiger partial charge on any atom is -0.496 e. The quantitative estimate of drug-likeness (QED) is 0.588. The zero-order chi connectivity index (χ0) is 20.1. The lowest BCUT2D eigenvalue weighted by molar-refractivity contribution is -0.146. The molecule has 27 heavy (non-hydrogen) atoms. The maximum atomic E-state index is 12.1. The van der Waals surface area contributed by atoms with E-state index in [-0.39, 0.29) is 12.2 Å². The van der Waals surface area contributed by atoms with Crippen LogP contribution in [-0.4, -0.2) is 41.2 Å². The number of nitrogens with one attached hydrogen (secondary N) is 1. The summed E-state index contributed by atoms with van der Waals surface area (Å²) in [7, 11) is 3.25.